The summed E-state index contributed by atoms with van der Waals surface area (Å²) < 4.78 is 32.3. The maximum atomic E-state index is 11.0. The summed E-state index contributed by atoms with van der Waals surface area (Å²) in [6, 6.07) is 18.1. The zero-order valence-corrected chi connectivity index (χ0v) is 13.0. The van der Waals surface area contributed by atoms with Crippen molar-refractivity contribution >= 4 is 31.7 Å². The van der Waals surface area contributed by atoms with E-state index in [-0.39, 0.29) is 13.2 Å². The Labute approximate surface area is 129 Å². The second kappa shape index (κ2) is 5.94. The lowest BCUT2D eigenvalue weighted by Crippen LogP contribution is -2.11. The van der Waals surface area contributed by atoms with Gasteiger partial charge in [0.15, 0.2) is 0 Å². The van der Waals surface area contributed by atoms with Crippen LogP contribution in [0.1, 0.15) is 0 Å². The summed E-state index contributed by atoms with van der Waals surface area (Å²) in [5.41, 5.74) is 0. The third kappa shape index (κ3) is 3.21. The summed E-state index contributed by atoms with van der Waals surface area (Å²) in [6.45, 7) is 0.176. The molecule has 114 valence electrons. The Morgan fingerprint density at radius 3 is 2.23 bits per heavy atom. The highest BCUT2D eigenvalue weighted by molar-refractivity contribution is 7.85. The minimum absolute atomic E-state index is 0.0000128. The molecule has 0 saturated heterocycles. The first-order valence-electron chi connectivity index (χ1n) is 6.92. The van der Waals surface area contributed by atoms with Crippen molar-refractivity contribution < 1.29 is 17.3 Å². The molecule has 22 heavy (non-hydrogen) atoms. The summed E-state index contributed by atoms with van der Waals surface area (Å²) in [7, 11) is -3.44. The Morgan fingerprint density at radius 2 is 1.50 bits per heavy atom. The largest absolute Gasteiger partial charge is 0.490 e. The Kier molecular flexibility index (Phi) is 4.00. The van der Waals surface area contributed by atoms with Crippen LogP contribution in [-0.4, -0.2) is 27.9 Å². The zero-order valence-electron chi connectivity index (χ0n) is 12.2. The van der Waals surface area contributed by atoms with E-state index in [0.29, 0.717) is 0 Å². The van der Waals surface area contributed by atoms with Crippen LogP contribution in [-0.2, 0) is 14.3 Å². The van der Waals surface area contributed by atoms with Crippen LogP contribution < -0.4 is 4.74 Å². The van der Waals surface area contributed by atoms with Crippen molar-refractivity contribution in [3.8, 4) is 5.75 Å². The quantitative estimate of drug-likeness (QED) is 0.411. The van der Waals surface area contributed by atoms with Crippen LogP contribution in [0.4, 0.5) is 0 Å². The molecule has 0 aliphatic heterocycles. The molecule has 0 saturated carbocycles. The third-order valence-corrected chi connectivity index (χ3v) is 3.96. The van der Waals surface area contributed by atoms with Gasteiger partial charge in [-0.15, -0.1) is 0 Å². The molecule has 0 aliphatic rings. The summed E-state index contributed by atoms with van der Waals surface area (Å²) in [5, 5.41) is 4.36. The lowest BCUT2D eigenvalue weighted by Gasteiger charge is -2.12. The van der Waals surface area contributed by atoms with Crippen LogP contribution in [0.5, 0.6) is 5.75 Å². The molecule has 5 heteroatoms. The molecule has 3 aromatic carbocycles. The first-order chi connectivity index (χ1) is 10.5. The topological polar surface area (TPSA) is 52.6 Å². The van der Waals surface area contributed by atoms with Crippen LogP contribution in [0.3, 0.4) is 0 Å². The van der Waals surface area contributed by atoms with Crippen LogP contribution >= 0.6 is 0 Å². The van der Waals surface area contributed by atoms with E-state index < -0.39 is 10.1 Å². The molecule has 0 spiro atoms. The van der Waals surface area contributed by atoms with Gasteiger partial charge in [-0.3, -0.25) is 4.18 Å². The predicted octanol–water partition coefficient (Wildman–Crippen LogP) is 3.35. The van der Waals surface area contributed by atoms with Gasteiger partial charge in [0.1, 0.15) is 19.0 Å². The number of hydrogen-bond donors (Lipinski definition) is 0. The highest BCUT2D eigenvalue weighted by Crippen LogP contribution is 2.33. The molecule has 0 aliphatic carbocycles. The molecule has 0 radical (unpaired) electrons. The normalized spacial score (nSPS) is 11.9. The highest BCUT2D eigenvalue weighted by Gasteiger charge is 2.07. The van der Waals surface area contributed by atoms with Crippen molar-refractivity contribution in [1.29, 1.82) is 0 Å². The van der Waals surface area contributed by atoms with E-state index in [1.807, 2.05) is 42.5 Å². The van der Waals surface area contributed by atoms with E-state index in [9.17, 15) is 8.42 Å². The molecule has 0 aromatic heterocycles. The summed E-state index contributed by atoms with van der Waals surface area (Å²) >= 11 is 0. The molecular formula is C17H16O4S. The first-order valence-corrected chi connectivity index (χ1v) is 8.74. The van der Waals surface area contributed by atoms with Gasteiger partial charge < -0.3 is 4.74 Å². The average molecular weight is 316 g/mol. The van der Waals surface area contributed by atoms with Gasteiger partial charge in [-0.1, -0.05) is 48.5 Å². The molecular weight excluding hydrogens is 300 g/mol. The Balaban J connectivity index is 1.94. The van der Waals surface area contributed by atoms with Crippen LogP contribution in [0, 0.1) is 0 Å². The molecule has 0 unspecified atom stereocenters. The fraction of sp³-hybridized carbons (Fsp3) is 0.176. The predicted molar refractivity (Wildman–Crippen MR) is 87.7 cm³/mol. The molecule has 0 bridgehead atoms. The van der Waals surface area contributed by atoms with E-state index >= 15 is 0 Å². The molecule has 3 aromatic rings. The van der Waals surface area contributed by atoms with Gasteiger partial charge in [0, 0.05) is 5.39 Å². The summed E-state index contributed by atoms with van der Waals surface area (Å²) in [6.07, 6.45) is 1.03. The second-order valence-electron chi connectivity index (χ2n) is 5.02. The molecule has 0 N–H and O–H groups in total. The third-order valence-electron chi connectivity index (χ3n) is 3.37. The number of ether oxygens (including phenoxy) is 1. The Bertz CT molecular complexity index is 916. The van der Waals surface area contributed by atoms with Gasteiger partial charge in [0.2, 0.25) is 0 Å². The standard InChI is InChI=1S/C17H16O4S/c1-22(18,19)21-11-10-20-17-12-13-6-2-3-7-14(13)15-8-4-5-9-16(15)17/h2-9,12H,10-11H2,1H3. The monoisotopic (exact) mass is 316 g/mol. The van der Waals surface area contributed by atoms with E-state index in [1.54, 1.807) is 0 Å². The number of benzene rings is 3. The van der Waals surface area contributed by atoms with Gasteiger partial charge in [-0.2, -0.15) is 8.42 Å². The Hall–Kier alpha value is -2.11. The molecule has 0 atom stereocenters. The van der Waals surface area contributed by atoms with Crippen molar-refractivity contribution in [3.05, 3.63) is 54.6 Å². The summed E-state index contributed by atoms with van der Waals surface area (Å²) in [5.74, 6) is 0.728. The van der Waals surface area contributed by atoms with E-state index in [2.05, 4.69) is 12.1 Å². The van der Waals surface area contributed by atoms with Crippen molar-refractivity contribution in [1.82, 2.24) is 0 Å². The van der Waals surface area contributed by atoms with Crippen LogP contribution in [0.25, 0.3) is 21.5 Å². The van der Waals surface area contributed by atoms with Crippen LogP contribution in [0.15, 0.2) is 54.6 Å². The fourth-order valence-corrected chi connectivity index (χ4v) is 2.85. The zero-order chi connectivity index (χ0) is 15.6. The SMILES string of the molecule is CS(=O)(=O)OCCOc1cc2ccccc2c2ccccc12. The van der Waals surface area contributed by atoms with Crippen LogP contribution in [0.2, 0.25) is 0 Å². The van der Waals surface area contributed by atoms with Gasteiger partial charge in [-0.05, 0) is 22.2 Å². The van der Waals surface area contributed by atoms with Crippen molar-refractivity contribution in [2.45, 2.75) is 0 Å². The first kappa shape index (κ1) is 14.8. The lowest BCUT2D eigenvalue weighted by atomic mass is 10.0. The van der Waals surface area contributed by atoms with Crippen molar-refractivity contribution in [2.75, 3.05) is 19.5 Å². The number of fused-ring (bicyclic) bond motifs is 3. The molecule has 3 rings (SSSR count). The molecule has 4 nitrogen and oxygen atoms in total. The van der Waals surface area contributed by atoms with Crippen molar-refractivity contribution in [2.24, 2.45) is 0 Å². The number of rotatable bonds is 5. The maximum Gasteiger partial charge on any atom is 0.264 e. The smallest absolute Gasteiger partial charge is 0.264 e. The molecule has 0 heterocycles. The highest BCUT2D eigenvalue weighted by atomic mass is 32.2. The van der Waals surface area contributed by atoms with Gasteiger partial charge in [0.05, 0.1) is 6.26 Å². The van der Waals surface area contributed by atoms with Gasteiger partial charge in [-0.25, -0.2) is 0 Å². The minimum atomic E-state index is -3.44. The van der Waals surface area contributed by atoms with Gasteiger partial charge in [0.25, 0.3) is 10.1 Å². The number of hydrogen-bond acceptors (Lipinski definition) is 4. The molecule has 0 amide bonds. The van der Waals surface area contributed by atoms with E-state index in [0.717, 1.165) is 33.6 Å². The fourth-order valence-electron chi connectivity index (χ4n) is 2.48. The Morgan fingerprint density at radius 1 is 0.864 bits per heavy atom. The second-order valence-corrected chi connectivity index (χ2v) is 6.66. The van der Waals surface area contributed by atoms with E-state index in [4.69, 9.17) is 8.92 Å². The van der Waals surface area contributed by atoms with Gasteiger partial charge >= 0.3 is 0 Å². The minimum Gasteiger partial charge on any atom is -0.490 e. The average Bonchev–Trinajstić information content (AvgIpc) is 2.50. The lowest BCUT2D eigenvalue weighted by molar-refractivity contribution is 0.224. The van der Waals surface area contributed by atoms with E-state index in [1.165, 1.54) is 0 Å². The van der Waals surface area contributed by atoms with Crippen molar-refractivity contribution in [3.63, 3.8) is 0 Å². The summed E-state index contributed by atoms with van der Waals surface area (Å²) in [4.78, 5) is 0. The molecule has 0 fully saturated rings. The maximum absolute atomic E-state index is 11.0.